The number of nitrogens with zero attached hydrogens (tertiary/aromatic N) is 3. The quantitative estimate of drug-likeness (QED) is 0.785. The van der Waals surface area contributed by atoms with Crippen molar-refractivity contribution >= 4 is 46.3 Å². The van der Waals surface area contributed by atoms with Crippen molar-refractivity contribution in [3.05, 3.63) is 51.7 Å². The summed E-state index contributed by atoms with van der Waals surface area (Å²) in [5.41, 5.74) is 3.35. The second-order valence-electron chi connectivity index (χ2n) is 5.41. The molecule has 0 aliphatic carbocycles. The minimum atomic E-state index is -0.673. The van der Waals surface area contributed by atoms with Crippen molar-refractivity contribution in [3.63, 3.8) is 0 Å². The van der Waals surface area contributed by atoms with Crippen LogP contribution in [-0.4, -0.2) is 36.0 Å². The molecule has 26 heavy (non-hydrogen) atoms. The molecule has 0 bridgehead atoms. The van der Waals surface area contributed by atoms with Gasteiger partial charge in [0.05, 0.1) is 17.7 Å². The lowest BCUT2D eigenvalue weighted by Gasteiger charge is -2.30. The first-order valence-electron chi connectivity index (χ1n) is 7.90. The minimum absolute atomic E-state index is 0.125. The molecule has 1 aliphatic heterocycles. The predicted octanol–water partition coefficient (Wildman–Crippen LogP) is 3.73. The number of carbonyl (C=O) groups excluding carboxylic acids is 2. The van der Waals surface area contributed by atoms with Crippen molar-refractivity contribution in [1.82, 2.24) is 10.4 Å². The first kappa shape index (κ1) is 18.2. The summed E-state index contributed by atoms with van der Waals surface area (Å²) in [5.74, 6) is -0.147. The predicted molar refractivity (Wildman–Crippen MR) is 101 cm³/mol. The molecular formula is C17H17ClN4O3S. The maximum atomic E-state index is 12.9. The van der Waals surface area contributed by atoms with Gasteiger partial charge in [0.25, 0.3) is 0 Å². The molecule has 2 heterocycles. The van der Waals surface area contributed by atoms with Gasteiger partial charge in [-0.3, -0.25) is 4.79 Å². The summed E-state index contributed by atoms with van der Waals surface area (Å²) in [4.78, 5) is 25.2. The topological polar surface area (TPSA) is 74.2 Å². The molecule has 3 rings (SSSR count). The summed E-state index contributed by atoms with van der Waals surface area (Å²) in [7, 11) is 1.27. The fraction of sp³-hybridized carbons (Fsp3) is 0.235. The van der Waals surface area contributed by atoms with E-state index in [0.29, 0.717) is 16.3 Å². The number of thiophene rings is 1. The van der Waals surface area contributed by atoms with E-state index in [-0.39, 0.29) is 17.8 Å². The second-order valence-corrected chi connectivity index (χ2v) is 6.80. The Morgan fingerprint density at radius 3 is 2.62 bits per heavy atom. The largest absolute Gasteiger partial charge is 0.452 e. The van der Waals surface area contributed by atoms with Crippen LogP contribution in [0.1, 0.15) is 23.0 Å². The third-order valence-corrected chi connectivity index (χ3v) is 4.93. The van der Waals surface area contributed by atoms with Gasteiger partial charge in [-0.1, -0.05) is 24.6 Å². The van der Waals surface area contributed by atoms with E-state index in [1.54, 1.807) is 29.3 Å². The van der Waals surface area contributed by atoms with E-state index in [9.17, 15) is 9.59 Å². The van der Waals surface area contributed by atoms with Crippen LogP contribution in [-0.2, 0) is 4.74 Å². The number of rotatable bonds is 5. The number of benzene rings is 1. The molecule has 1 atom stereocenters. The van der Waals surface area contributed by atoms with Crippen molar-refractivity contribution in [1.29, 1.82) is 0 Å². The number of hydrogen-bond acceptors (Lipinski definition) is 7. The fourth-order valence-corrected chi connectivity index (χ4v) is 3.38. The van der Waals surface area contributed by atoms with Gasteiger partial charge in [0.15, 0.2) is 0 Å². The Labute approximate surface area is 159 Å². The molecule has 0 fully saturated rings. The normalized spacial score (nSPS) is 16.4. The molecular weight excluding hydrogens is 376 g/mol. The molecule has 1 aromatic heterocycles. The van der Waals surface area contributed by atoms with E-state index in [4.69, 9.17) is 11.6 Å². The summed E-state index contributed by atoms with van der Waals surface area (Å²) in [6, 6.07) is 10.6. The molecule has 0 saturated carbocycles. The van der Waals surface area contributed by atoms with Crippen LogP contribution in [0.15, 0.2) is 46.9 Å². The van der Waals surface area contributed by atoms with E-state index in [1.165, 1.54) is 23.5 Å². The molecule has 0 radical (unpaired) electrons. The molecule has 9 heteroatoms. The Balaban J connectivity index is 2.00. The number of amides is 1. The number of anilines is 1. The Morgan fingerprint density at radius 1 is 1.31 bits per heavy atom. The van der Waals surface area contributed by atoms with E-state index < -0.39 is 6.09 Å². The first-order chi connectivity index (χ1) is 12.5. The van der Waals surface area contributed by atoms with Crippen LogP contribution in [0.2, 0.25) is 5.02 Å². The number of hydrazone groups is 1. The number of ether oxygens (including phenoxy) is 1. The van der Waals surface area contributed by atoms with Crippen LogP contribution >= 0.6 is 22.9 Å². The maximum Gasteiger partial charge on any atom is 0.425 e. The molecule has 1 aromatic carbocycles. The average molecular weight is 393 g/mol. The van der Waals surface area contributed by atoms with Gasteiger partial charge < -0.3 is 4.74 Å². The van der Waals surface area contributed by atoms with Crippen molar-refractivity contribution < 1.29 is 14.3 Å². The van der Waals surface area contributed by atoms with Crippen LogP contribution in [0.3, 0.4) is 0 Å². The van der Waals surface area contributed by atoms with Gasteiger partial charge in [-0.25, -0.2) is 20.2 Å². The van der Waals surface area contributed by atoms with Gasteiger partial charge in [-0.05, 0) is 42.1 Å². The molecule has 1 amide bonds. The summed E-state index contributed by atoms with van der Waals surface area (Å²) in [5, 5.41) is 10.0. The lowest BCUT2D eigenvalue weighted by molar-refractivity contribution is 0.103. The molecule has 2 aromatic rings. The number of hydrogen-bond donors (Lipinski definition) is 1. The highest BCUT2D eigenvalue weighted by Crippen LogP contribution is 2.28. The van der Waals surface area contributed by atoms with E-state index in [0.717, 1.165) is 5.69 Å². The molecule has 1 N–H and O–H groups in total. The molecule has 1 aliphatic rings. The van der Waals surface area contributed by atoms with Gasteiger partial charge >= 0.3 is 6.09 Å². The monoisotopic (exact) mass is 392 g/mol. The van der Waals surface area contributed by atoms with Crippen LogP contribution in [0, 0.1) is 0 Å². The number of methoxy groups -OCH3 is 1. The van der Waals surface area contributed by atoms with E-state index in [1.807, 2.05) is 24.4 Å². The summed E-state index contributed by atoms with van der Waals surface area (Å²) < 4.78 is 4.69. The Kier molecular flexibility index (Phi) is 5.43. The van der Waals surface area contributed by atoms with E-state index >= 15 is 0 Å². The maximum absolute atomic E-state index is 12.9. The average Bonchev–Trinajstić information content (AvgIpc) is 3.30. The van der Waals surface area contributed by atoms with Crippen molar-refractivity contribution in [2.75, 3.05) is 12.1 Å². The summed E-state index contributed by atoms with van der Waals surface area (Å²) in [6.07, 6.45) is -0.459. The Hall–Kier alpha value is -2.58. The first-order valence-corrected chi connectivity index (χ1v) is 9.16. The number of ketones is 1. The van der Waals surface area contributed by atoms with Crippen LogP contribution in [0.4, 0.5) is 10.5 Å². The van der Waals surface area contributed by atoms with Gasteiger partial charge in [0, 0.05) is 5.02 Å². The smallest absolute Gasteiger partial charge is 0.425 e. The minimum Gasteiger partial charge on any atom is -0.452 e. The standard InChI is InChI=1S/C17H17ClN4O3S/c1-3-14-21(12-8-6-11(18)7-9-12)19-16(22(14)20-17(24)25-2)15(23)13-5-4-10-26-13/h4-10,14H,3H2,1-2H3,(H,20,24). The fourth-order valence-electron chi connectivity index (χ4n) is 2.59. The molecule has 7 nitrogen and oxygen atoms in total. The van der Waals surface area contributed by atoms with Gasteiger partial charge in [-0.2, -0.15) is 0 Å². The number of amidine groups is 1. The zero-order chi connectivity index (χ0) is 18.7. The zero-order valence-electron chi connectivity index (χ0n) is 14.2. The lowest BCUT2D eigenvalue weighted by Crippen LogP contribution is -2.53. The van der Waals surface area contributed by atoms with Crippen LogP contribution < -0.4 is 10.4 Å². The number of nitrogens with one attached hydrogen (secondary N) is 1. The van der Waals surface area contributed by atoms with Crippen molar-refractivity contribution in [2.45, 2.75) is 19.5 Å². The third-order valence-electron chi connectivity index (χ3n) is 3.81. The summed E-state index contributed by atoms with van der Waals surface area (Å²) >= 11 is 7.28. The number of carbonyl (C=O) groups is 2. The Bertz CT molecular complexity index is 823. The highest BCUT2D eigenvalue weighted by atomic mass is 35.5. The lowest BCUT2D eigenvalue weighted by atomic mass is 10.2. The summed E-state index contributed by atoms with van der Waals surface area (Å²) in [6.45, 7) is 1.94. The van der Waals surface area contributed by atoms with E-state index in [2.05, 4.69) is 15.3 Å². The molecule has 1 unspecified atom stereocenters. The van der Waals surface area contributed by atoms with Crippen molar-refractivity contribution in [2.24, 2.45) is 5.10 Å². The van der Waals surface area contributed by atoms with Gasteiger partial charge in [0.1, 0.15) is 6.17 Å². The van der Waals surface area contributed by atoms with Gasteiger partial charge in [0.2, 0.25) is 11.6 Å². The van der Waals surface area contributed by atoms with Gasteiger partial charge in [-0.15, -0.1) is 16.4 Å². The number of halogens is 1. The zero-order valence-corrected chi connectivity index (χ0v) is 15.8. The molecule has 0 spiro atoms. The van der Waals surface area contributed by atoms with Crippen molar-refractivity contribution in [3.8, 4) is 0 Å². The highest BCUT2D eigenvalue weighted by molar-refractivity contribution is 7.13. The number of hydrazine groups is 1. The second kappa shape index (κ2) is 7.76. The number of Topliss-reactive ketones (excluding diaryl/α,β-unsaturated/α-hetero) is 1. The molecule has 136 valence electrons. The molecule has 0 saturated heterocycles. The van der Waals surface area contributed by atoms with Crippen LogP contribution in [0.5, 0.6) is 0 Å². The SMILES string of the molecule is CCC1N(NC(=O)OC)C(C(=O)c2cccs2)=NN1c1ccc(Cl)cc1. The Morgan fingerprint density at radius 2 is 2.04 bits per heavy atom. The highest BCUT2D eigenvalue weighted by Gasteiger charge is 2.39. The van der Waals surface area contributed by atoms with Crippen LogP contribution in [0.25, 0.3) is 0 Å². The third kappa shape index (κ3) is 3.51.